The average Bonchev–Trinajstić information content (AvgIpc) is 2.89. The van der Waals surface area contributed by atoms with E-state index in [2.05, 4.69) is 10.3 Å². The number of ether oxygens (including phenoxy) is 1. The minimum absolute atomic E-state index is 0.111. The number of Topliss-reactive ketones (excluding diaryl/α,β-unsaturated/α-hetero) is 1. The first kappa shape index (κ1) is 14.1. The van der Waals surface area contributed by atoms with Crippen molar-refractivity contribution in [3.63, 3.8) is 0 Å². The lowest BCUT2D eigenvalue weighted by molar-refractivity contribution is 0.101. The maximum absolute atomic E-state index is 12.1. The Bertz CT molecular complexity index is 664. The predicted octanol–water partition coefficient (Wildman–Crippen LogP) is 3.13. The van der Waals surface area contributed by atoms with E-state index in [0.29, 0.717) is 22.0 Å². The molecule has 0 bridgehead atoms. The van der Waals surface area contributed by atoms with Crippen LogP contribution in [0, 0.1) is 0 Å². The highest BCUT2D eigenvalue weighted by Crippen LogP contribution is 2.28. The second kappa shape index (κ2) is 5.79. The van der Waals surface area contributed by atoms with Gasteiger partial charge >= 0.3 is 0 Å². The maximum Gasteiger partial charge on any atom is 0.272 e. The van der Waals surface area contributed by atoms with Gasteiger partial charge in [0.2, 0.25) is 0 Å². The van der Waals surface area contributed by atoms with Crippen LogP contribution in [0.1, 0.15) is 27.8 Å². The molecular formula is C14H13ClN2O3. The fourth-order valence-corrected chi connectivity index (χ4v) is 1.87. The summed E-state index contributed by atoms with van der Waals surface area (Å²) in [4.78, 5) is 26.0. The number of hydrogen-bond acceptors (Lipinski definition) is 3. The van der Waals surface area contributed by atoms with Crippen LogP contribution in [0.25, 0.3) is 0 Å². The van der Waals surface area contributed by atoms with Crippen LogP contribution < -0.4 is 10.1 Å². The zero-order chi connectivity index (χ0) is 14.7. The molecule has 0 radical (unpaired) electrons. The molecule has 0 saturated heterocycles. The van der Waals surface area contributed by atoms with Crippen molar-refractivity contribution < 1.29 is 14.3 Å². The van der Waals surface area contributed by atoms with Crippen LogP contribution in [0.2, 0.25) is 5.02 Å². The smallest absolute Gasteiger partial charge is 0.272 e. The zero-order valence-electron chi connectivity index (χ0n) is 11.0. The first-order valence-electron chi connectivity index (χ1n) is 5.85. The second-order valence-corrected chi connectivity index (χ2v) is 4.59. The van der Waals surface area contributed by atoms with Crippen molar-refractivity contribution in [3.8, 4) is 5.75 Å². The highest BCUT2D eigenvalue weighted by molar-refractivity contribution is 6.31. The summed E-state index contributed by atoms with van der Waals surface area (Å²) in [5.41, 5.74) is 1.20. The summed E-state index contributed by atoms with van der Waals surface area (Å²) < 4.78 is 5.14. The summed E-state index contributed by atoms with van der Waals surface area (Å²) in [6.45, 7) is 1.44. The van der Waals surface area contributed by atoms with Crippen LogP contribution in [-0.4, -0.2) is 23.8 Å². The molecule has 0 atom stereocenters. The van der Waals surface area contributed by atoms with Gasteiger partial charge in [0.05, 0.1) is 12.8 Å². The molecule has 1 heterocycles. The van der Waals surface area contributed by atoms with E-state index >= 15 is 0 Å². The number of aromatic amines is 1. The van der Waals surface area contributed by atoms with Crippen molar-refractivity contribution >= 4 is 29.0 Å². The fourth-order valence-electron chi connectivity index (χ4n) is 1.70. The summed E-state index contributed by atoms with van der Waals surface area (Å²) in [6, 6.07) is 6.41. The Morgan fingerprint density at radius 1 is 1.30 bits per heavy atom. The van der Waals surface area contributed by atoms with E-state index in [1.807, 2.05) is 0 Å². The molecule has 2 rings (SSSR count). The van der Waals surface area contributed by atoms with E-state index in [-0.39, 0.29) is 17.4 Å². The molecule has 6 heteroatoms. The number of H-pyrrole nitrogens is 1. The van der Waals surface area contributed by atoms with Gasteiger partial charge in [0, 0.05) is 16.8 Å². The molecular weight excluding hydrogens is 280 g/mol. The Morgan fingerprint density at radius 3 is 2.65 bits per heavy atom. The van der Waals surface area contributed by atoms with Gasteiger partial charge in [-0.3, -0.25) is 9.59 Å². The Labute approximate surface area is 120 Å². The van der Waals surface area contributed by atoms with Crippen LogP contribution >= 0.6 is 11.6 Å². The van der Waals surface area contributed by atoms with Gasteiger partial charge in [-0.2, -0.15) is 0 Å². The molecule has 0 aliphatic rings. The molecule has 1 aromatic heterocycles. The highest BCUT2D eigenvalue weighted by Gasteiger charge is 2.13. The van der Waals surface area contributed by atoms with E-state index in [1.54, 1.807) is 18.2 Å². The van der Waals surface area contributed by atoms with E-state index in [1.165, 1.54) is 26.3 Å². The van der Waals surface area contributed by atoms with Crippen molar-refractivity contribution in [3.05, 3.63) is 46.7 Å². The minimum Gasteiger partial charge on any atom is -0.495 e. The normalized spacial score (nSPS) is 10.2. The zero-order valence-corrected chi connectivity index (χ0v) is 11.7. The number of nitrogens with one attached hydrogen (secondary N) is 2. The van der Waals surface area contributed by atoms with Crippen LogP contribution in [-0.2, 0) is 0 Å². The average molecular weight is 293 g/mol. The molecule has 0 spiro atoms. The third kappa shape index (κ3) is 3.00. The van der Waals surface area contributed by atoms with Gasteiger partial charge in [0.15, 0.2) is 5.78 Å². The maximum atomic E-state index is 12.1. The van der Waals surface area contributed by atoms with Crippen LogP contribution in [0.4, 0.5) is 5.69 Å². The van der Waals surface area contributed by atoms with Gasteiger partial charge in [-0.1, -0.05) is 11.6 Å². The van der Waals surface area contributed by atoms with E-state index in [4.69, 9.17) is 16.3 Å². The van der Waals surface area contributed by atoms with E-state index < -0.39 is 0 Å². The van der Waals surface area contributed by atoms with Gasteiger partial charge in [0.25, 0.3) is 5.91 Å². The summed E-state index contributed by atoms with van der Waals surface area (Å²) in [5, 5.41) is 3.16. The minimum atomic E-state index is -0.377. The molecule has 0 saturated carbocycles. The molecule has 5 nitrogen and oxygen atoms in total. The summed E-state index contributed by atoms with van der Waals surface area (Å²) >= 11 is 5.89. The van der Waals surface area contributed by atoms with E-state index in [9.17, 15) is 9.59 Å². The largest absolute Gasteiger partial charge is 0.495 e. The number of halogens is 1. The standard InChI is InChI=1S/C14H13ClN2O3/c1-8(18)9-5-12(16-7-9)14(19)17-11-6-10(15)3-4-13(11)20-2/h3-7,16H,1-2H3,(H,17,19). The lowest BCUT2D eigenvalue weighted by Crippen LogP contribution is -2.13. The molecule has 2 N–H and O–H groups in total. The van der Waals surface area contributed by atoms with Gasteiger partial charge < -0.3 is 15.0 Å². The Morgan fingerprint density at radius 2 is 2.05 bits per heavy atom. The Balaban J connectivity index is 2.22. The SMILES string of the molecule is COc1ccc(Cl)cc1NC(=O)c1cc(C(C)=O)c[nH]1. The third-order valence-electron chi connectivity index (χ3n) is 2.74. The summed E-state index contributed by atoms with van der Waals surface area (Å²) in [5.74, 6) is 0.0137. The summed E-state index contributed by atoms with van der Waals surface area (Å²) in [6.07, 6.45) is 1.49. The Hall–Kier alpha value is -2.27. The topological polar surface area (TPSA) is 71.2 Å². The molecule has 0 unspecified atom stereocenters. The van der Waals surface area contributed by atoms with Crippen LogP contribution in [0.3, 0.4) is 0 Å². The lowest BCUT2D eigenvalue weighted by Gasteiger charge is -2.09. The number of methoxy groups -OCH3 is 1. The predicted molar refractivity (Wildman–Crippen MR) is 76.8 cm³/mol. The first-order chi connectivity index (χ1) is 9.51. The molecule has 0 aliphatic carbocycles. The number of amides is 1. The number of hydrogen-bond donors (Lipinski definition) is 2. The lowest BCUT2D eigenvalue weighted by atomic mass is 10.2. The fraction of sp³-hybridized carbons (Fsp3) is 0.143. The molecule has 0 fully saturated rings. The number of carbonyl (C=O) groups is 2. The van der Waals surface area contributed by atoms with Crippen molar-refractivity contribution in [1.29, 1.82) is 0 Å². The summed E-state index contributed by atoms with van der Waals surface area (Å²) in [7, 11) is 1.50. The van der Waals surface area contributed by atoms with Crippen molar-refractivity contribution in [2.75, 3.05) is 12.4 Å². The number of rotatable bonds is 4. The van der Waals surface area contributed by atoms with Crippen LogP contribution in [0.15, 0.2) is 30.5 Å². The third-order valence-corrected chi connectivity index (χ3v) is 2.98. The van der Waals surface area contributed by atoms with Crippen LogP contribution in [0.5, 0.6) is 5.75 Å². The number of aromatic nitrogens is 1. The molecule has 104 valence electrons. The highest BCUT2D eigenvalue weighted by atomic mass is 35.5. The van der Waals surface area contributed by atoms with Crippen molar-refractivity contribution in [1.82, 2.24) is 4.98 Å². The number of ketones is 1. The van der Waals surface area contributed by atoms with Gasteiger partial charge in [-0.15, -0.1) is 0 Å². The van der Waals surface area contributed by atoms with Crippen molar-refractivity contribution in [2.24, 2.45) is 0 Å². The Kier molecular flexibility index (Phi) is 4.10. The number of benzene rings is 1. The van der Waals surface area contributed by atoms with Crippen molar-refractivity contribution in [2.45, 2.75) is 6.92 Å². The van der Waals surface area contributed by atoms with Gasteiger partial charge in [0.1, 0.15) is 11.4 Å². The van der Waals surface area contributed by atoms with E-state index in [0.717, 1.165) is 0 Å². The monoisotopic (exact) mass is 292 g/mol. The quantitative estimate of drug-likeness (QED) is 0.851. The number of carbonyl (C=O) groups excluding carboxylic acids is 2. The second-order valence-electron chi connectivity index (χ2n) is 4.16. The van der Waals surface area contributed by atoms with Gasteiger partial charge in [-0.05, 0) is 31.2 Å². The first-order valence-corrected chi connectivity index (χ1v) is 6.23. The molecule has 20 heavy (non-hydrogen) atoms. The van der Waals surface area contributed by atoms with Gasteiger partial charge in [-0.25, -0.2) is 0 Å². The molecule has 1 amide bonds. The number of anilines is 1. The molecule has 0 aliphatic heterocycles. The molecule has 2 aromatic rings. The molecule has 1 aromatic carbocycles.